The predicted molar refractivity (Wildman–Crippen MR) is 107 cm³/mol. The maximum Gasteiger partial charge on any atom is 0.258 e. The van der Waals surface area contributed by atoms with Crippen molar-refractivity contribution < 1.29 is 22.0 Å². The number of halogens is 4. The van der Waals surface area contributed by atoms with Gasteiger partial charge in [-0.3, -0.25) is 0 Å². The summed E-state index contributed by atoms with van der Waals surface area (Å²) in [4.78, 5) is 0. The van der Waals surface area contributed by atoms with E-state index in [1.165, 1.54) is 0 Å². The molecule has 1 atom stereocenters. The topological polar surface area (TPSA) is 9.23 Å². The summed E-state index contributed by atoms with van der Waals surface area (Å²) in [7, 11) is -2.83. The lowest BCUT2D eigenvalue weighted by Gasteiger charge is -2.36. The third kappa shape index (κ3) is 5.37. The summed E-state index contributed by atoms with van der Waals surface area (Å²) in [6, 6.07) is 11.0. The van der Waals surface area contributed by atoms with Gasteiger partial charge in [-0.25, -0.2) is 8.78 Å². The molecule has 0 spiro atoms. The van der Waals surface area contributed by atoms with Crippen molar-refractivity contribution in [2.75, 3.05) is 0 Å². The fourth-order valence-electron chi connectivity index (χ4n) is 3.42. The monoisotopic (exact) mass is 412 g/mol. The number of rotatable bonds is 10. The van der Waals surface area contributed by atoms with E-state index in [2.05, 4.69) is 6.92 Å². The SMILES string of the molecule is CCCCCC[Si](Cc1ccccc1)(Oc1c(F)c(F)cc(F)c1F)C(C)C. The van der Waals surface area contributed by atoms with Crippen LogP contribution in [-0.2, 0) is 6.04 Å². The maximum atomic E-state index is 14.3. The van der Waals surface area contributed by atoms with Gasteiger partial charge in [0.25, 0.3) is 8.32 Å². The molecule has 6 heteroatoms. The molecule has 2 aromatic rings. The molecule has 1 nitrogen and oxygen atoms in total. The van der Waals surface area contributed by atoms with E-state index < -0.39 is 37.3 Å². The van der Waals surface area contributed by atoms with Crippen molar-refractivity contribution in [3.05, 3.63) is 65.2 Å². The highest BCUT2D eigenvalue weighted by Gasteiger charge is 2.42. The van der Waals surface area contributed by atoms with Crippen molar-refractivity contribution in [1.29, 1.82) is 0 Å². The Morgan fingerprint density at radius 2 is 1.50 bits per heavy atom. The second-order valence-electron chi connectivity index (χ2n) is 7.59. The zero-order valence-corrected chi connectivity index (χ0v) is 17.7. The molecule has 1 unspecified atom stereocenters. The Morgan fingerprint density at radius 3 is 2.04 bits per heavy atom. The number of unbranched alkanes of at least 4 members (excludes halogenated alkanes) is 3. The maximum absolute atomic E-state index is 14.3. The van der Waals surface area contributed by atoms with Crippen LogP contribution < -0.4 is 4.43 Å². The van der Waals surface area contributed by atoms with Crippen LogP contribution in [0.25, 0.3) is 0 Å². The van der Waals surface area contributed by atoms with Crippen LogP contribution in [0.15, 0.2) is 36.4 Å². The normalized spacial score (nSPS) is 13.6. The first kappa shape index (κ1) is 22.5. The highest BCUT2D eigenvalue weighted by Crippen LogP contribution is 2.37. The average Bonchev–Trinajstić information content (AvgIpc) is 2.67. The van der Waals surface area contributed by atoms with Crippen LogP contribution in [0.2, 0.25) is 11.6 Å². The zero-order chi connectivity index (χ0) is 20.7. The summed E-state index contributed by atoms with van der Waals surface area (Å²) in [5.41, 5.74) is 0.996. The quantitative estimate of drug-likeness (QED) is 0.172. The molecule has 0 heterocycles. The first-order valence-electron chi connectivity index (χ1n) is 9.86. The zero-order valence-electron chi connectivity index (χ0n) is 16.7. The van der Waals surface area contributed by atoms with Crippen molar-refractivity contribution >= 4 is 8.32 Å². The van der Waals surface area contributed by atoms with E-state index in [1.54, 1.807) is 0 Å². The summed E-state index contributed by atoms with van der Waals surface area (Å²) in [6.45, 7) is 6.02. The molecule has 0 amide bonds. The number of hydrogen-bond donors (Lipinski definition) is 0. The van der Waals surface area contributed by atoms with Gasteiger partial charge in [0.05, 0.1) is 0 Å². The third-order valence-corrected chi connectivity index (χ3v) is 10.2. The van der Waals surface area contributed by atoms with Gasteiger partial charge in [0, 0.05) is 12.1 Å². The van der Waals surface area contributed by atoms with Gasteiger partial charge >= 0.3 is 0 Å². The summed E-state index contributed by atoms with van der Waals surface area (Å²) < 4.78 is 62.1. The lowest BCUT2D eigenvalue weighted by molar-refractivity contribution is 0.380. The van der Waals surface area contributed by atoms with E-state index in [0.29, 0.717) is 12.1 Å². The first-order chi connectivity index (χ1) is 13.3. The number of hydrogen-bond acceptors (Lipinski definition) is 1. The van der Waals surface area contributed by atoms with E-state index in [0.717, 1.165) is 31.2 Å². The molecule has 0 aliphatic heterocycles. The second kappa shape index (κ2) is 10.1. The second-order valence-corrected chi connectivity index (χ2v) is 11.9. The van der Waals surface area contributed by atoms with E-state index >= 15 is 0 Å². The fraction of sp³-hybridized carbons (Fsp3) is 0.455. The molecule has 0 aliphatic carbocycles. The summed E-state index contributed by atoms with van der Waals surface area (Å²) in [6.07, 6.45) is 3.96. The van der Waals surface area contributed by atoms with Gasteiger partial charge < -0.3 is 4.43 Å². The van der Waals surface area contributed by atoms with Crippen molar-refractivity contribution in [2.24, 2.45) is 0 Å². The summed E-state index contributed by atoms with van der Waals surface area (Å²) >= 11 is 0. The molecule has 0 aromatic heterocycles. The van der Waals surface area contributed by atoms with Crippen LogP contribution in [0.3, 0.4) is 0 Å². The molecule has 0 radical (unpaired) electrons. The van der Waals surface area contributed by atoms with Gasteiger partial charge in [0.1, 0.15) is 0 Å². The molecule has 154 valence electrons. The molecule has 0 N–H and O–H groups in total. The molecule has 0 bridgehead atoms. The van der Waals surface area contributed by atoms with E-state index in [1.807, 2.05) is 44.2 Å². The van der Waals surface area contributed by atoms with Crippen molar-refractivity contribution in [3.63, 3.8) is 0 Å². The van der Waals surface area contributed by atoms with Gasteiger partial charge in [0.15, 0.2) is 17.4 Å². The van der Waals surface area contributed by atoms with Crippen LogP contribution >= 0.6 is 0 Å². The third-order valence-electron chi connectivity index (χ3n) is 5.23. The Labute approximate surface area is 165 Å². The van der Waals surface area contributed by atoms with Crippen molar-refractivity contribution in [3.8, 4) is 5.75 Å². The molecule has 2 rings (SSSR count). The summed E-state index contributed by atoms with van der Waals surface area (Å²) in [5, 5.41) is 0. The van der Waals surface area contributed by atoms with E-state index in [-0.39, 0.29) is 11.6 Å². The molecule has 0 fully saturated rings. The largest absolute Gasteiger partial charge is 0.539 e. The van der Waals surface area contributed by atoms with Gasteiger partial charge in [-0.1, -0.05) is 76.8 Å². The molecule has 0 saturated heterocycles. The van der Waals surface area contributed by atoms with Crippen LogP contribution in [-0.4, -0.2) is 8.32 Å². The first-order valence-corrected chi connectivity index (χ1v) is 12.3. The molecular weight excluding hydrogens is 384 g/mol. The van der Waals surface area contributed by atoms with Crippen LogP contribution in [0.4, 0.5) is 17.6 Å². The van der Waals surface area contributed by atoms with Crippen LogP contribution in [0, 0.1) is 23.3 Å². The summed E-state index contributed by atoms with van der Waals surface area (Å²) in [5.74, 6) is -6.71. The minimum atomic E-state index is -2.83. The fourth-order valence-corrected chi connectivity index (χ4v) is 7.36. The predicted octanol–water partition coefficient (Wildman–Crippen LogP) is 7.34. The molecule has 0 aliphatic rings. The standard InChI is InChI=1S/C22H28F4OSi/c1-4-5-6-10-13-28(16(2)3,15-17-11-8-7-9-12-17)27-22-20(25)18(23)14-19(24)21(22)26/h7-9,11-12,14,16H,4-6,10,13,15H2,1-3H3. The molecule has 0 saturated carbocycles. The Bertz CT molecular complexity index is 741. The van der Waals surface area contributed by atoms with E-state index in [9.17, 15) is 17.6 Å². The molecule has 2 aromatic carbocycles. The Kier molecular flexibility index (Phi) is 8.10. The van der Waals surface area contributed by atoms with Gasteiger partial charge in [-0.2, -0.15) is 8.78 Å². The molecular formula is C22H28F4OSi. The minimum absolute atomic E-state index is 0.000499. The average molecular weight is 413 g/mol. The molecule has 28 heavy (non-hydrogen) atoms. The van der Waals surface area contributed by atoms with Crippen LogP contribution in [0.1, 0.15) is 52.0 Å². The lowest BCUT2D eigenvalue weighted by Crippen LogP contribution is -2.48. The van der Waals surface area contributed by atoms with Crippen molar-refractivity contribution in [2.45, 2.75) is 64.1 Å². The Hall–Kier alpha value is -1.82. The smallest absolute Gasteiger partial charge is 0.258 e. The van der Waals surface area contributed by atoms with Gasteiger partial charge in [-0.05, 0) is 17.1 Å². The van der Waals surface area contributed by atoms with Gasteiger partial charge in [-0.15, -0.1) is 0 Å². The Balaban J connectivity index is 2.44. The van der Waals surface area contributed by atoms with Crippen LogP contribution in [0.5, 0.6) is 5.75 Å². The highest BCUT2D eigenvalue weighted by atomic mass is 28.4. The van der Waals surface area contributed by atoms with E-state index in [4.69, 9.17) is 4.43 Å². The highest BCUT2D eigenvalue weighted by molar-refractivity contribution is 6.75. The van der Waals surface area contributed by atoms with Gasteiger partial charge in [0.2, 0.25) is 11.6 Å². The minimum Gasteiger partial charge on any atom is -0.539 e. The Morgan fingerprint density at radius 1 is 0.893 bits per heavy atom. The lowest BCUT2D eigenvalue weighted by atomic mass is 10.2. The van der Waals surface area contributed by atoms with Crippen molar-refractivity contribution in [1.82, 2.24) is 0 Å². The number of benzene rings is 2.